The van der Waals surface area contributed by atoms with Crippen LogP contribution in [0, 0.1) is 0 Å². The molecule has 10 heteroatoms. The molecule has 0 saturated carbocycles. The zero-order valence-electron chi connectivity index (χ0n) is 7.83. The summed E-state index contributed by atoms with van der Waals surface area (Å²) in [7, 11) is -5.10. The standard InChI is InChI=1S/C6H12O9P/c7-1-2(8)3(9)4(10)5(11)6(12)16(13,14)15/h2-4,7-10,13-15H,1H2/q+1/t2-,3+,4-/m0/s1. The maximum absolute atomic E-state index is 10.9. The van der Waals surface area contributed by atoms with Crippen LogP contribution in [-0.4, -0.2) is 71.3 Å². The number of aliphatic hydroxyl groups excluding tert-OH is 4. The minimum Gasteiger partial charge on any atom is -0.394 e. The van der Waals surface area contributed by atoms with Gasteiger partial charge >= 0.3 is 13.5 Å². The zero-order valence-corrected chi connectivity index (χ0v) is 8.73. The normalized spacial score (nSPS) is 17.7. The second kappa shape index (κ2) is 5.71. The quantitative estimate of drug-likeness (QED) is 0.184. The maximum Gasteiger partial charge on any atom is 0.487 e. The van der Waals surface area contributed by atoms with E-state index in [4.69, 9.17) is 35.1 Å². The van der Waals surface area contributed by atoms with Crippen LogP contribution in [0.4, 0.5) is 0 Å². The molecule has 0 radical (unpaired) electrons. The number of Topliss-reactive ketones (excluding diaryl/α,β-unsaturated/α-hetero) is 1. The lowest BCUT2D eigenvalue weighted by atomic mass is 10.1. The van der Waals surface area contributed by atoms with Crippen LogP contribution in [0.3, 0.4) is 0 Å². The topological polar surface area (TPSA) is 176 Å². The summed E-state index contributed by atoms with van der Waals surface area (Å²) in [6, 6.07) is 0. The van der Waals surface area contributed by atoms with E-state index < -0.39 is 44.2 Å². The molecule has 0 saturated heterocycles. The fraction of sp³-hybridized carbons (Fsp3) is 0.667. The fourth-order valence-corrected chi connectivity index (χ4v) is 1.18. The molecule has 0 spiro atoms. The van der Waals surface area contributed by atoms with Crippen LogP contribution in [-0.2, 0) is 9.59 Å². The van der Waals surface area contributed by atoms with Crippen LogP contribution >= 0.6 is 7.94 Å². The smallest absolute Gasteiger partial charge is 0.394 e. The van der Waals surface area contributed by atoms with E-state index in [1.54, 1.807) is 0 Å². The molecular formula is C6H12O9P+. The van der Waals surface area contributed by atoms with E-state index in [9.17, 15) is 9.59 Å². The van der Waals surface area contributed by atoms with Crippen molar-refractivity contribution in [3.8, 4) is 0 Å². The van der Waals surface area contributed by atoms with Crippen LogP contribution in [0.25, 0.3) is 0 Å². The Morgan fingerprint density at radius 1 is 1.06 bits per heavy atom. The van der Waals surface area contributed by atoms with Crippen molar-refractivity contribution in [2.75, 3.05) is 6.61 Å². The van der Waals surface area contributed by atoms with E-state index in [0.717, 1.165) is 0 Å². The van der Waals surface area contributed by atoms with Gasteiger partial charge in [-0.1, -0.05) is 0 Å². The number of rotatable bonds is 6. The molecule has 0 aliphatic rings. The average Bonchev–Trinajstić information content (AvgIpc) is 2.22. The van der Waals surface area contributed by atoms with Gasteiger partial charge in [-0.15, -0.1) is 0 Å². The van der Waals surface area contributed by atoms with Crippen molar-refractivity contribution in [2.45, 2.75) is 18.3 Å². The molecule has 0 aromatic carbocycles. The first kappa shape index (κ1) is 15.5. The molecule has 0 aliphatic heterocycles. The highest BCUT2D eigenvalue weighted by Gasteiger charge is 2.51. The summed E-state index contributed by atoms with van der Waals surface area (Å²) in [5, 5.41) is 35.2. The third-order valence-electron chi connectivity index (χ3n) is 1.66. The molecule has 0 aliphatic carbocycles. The highest BCUT2D eigenvalue weighted by molar-refractivity contribution is 7.78. The summed E-state index contributed by atoms with van der Waals surface area (Å²) in [6.07, 6.45) is -6.55. The Morgan fingerprint density at radius 3 is 1.81 bits per heavy atom. The largest absolute Gasteiger partial charge is 0.487 e. The first-order valence-electron chi connectivity index (χ1n) is 3.94. The fourth-order valence-electron chi connectivity index (χ4n) is 0.748. The van der Waals surface area contributed by atoms with Crippen molar-refractivity contribution in [3.63, 3.8) is 0 Å². The molecule has 7 N–H and O–H groups in total. The SMILES string of the molecule is O=C(C(=O)[P+](O)(O)O)[C@@H](O)[C@H](O)[C@@H](O)CO. The Balaban J connectivity index is 4.69. The summed E-state index contributed by atoms with van der Waals surface area (Å²) in [4.78, 5) is 47.0. The number of hydrogen-bond donors (Lipinski definition) is 7. The molecule has 3 atom stereocenters. The molecule has 9 nitrogen and oxygen atoms in total. The molecule has 0 rings (SSSR count). The van der Waals surface area contributed by atoms with Gasteiger partial charge in [-0.05, 0) is 0 Å². The van der Waals surface area contributed by atoms with Gasteiger partial charge in [0.15, 0.2) is 6.10 Å². The lowest BCUT2D eigenvalue weighted by Crippen LogP contribution is -2.46. The number of hydrogen-bond acceptors (Lipinski definition) is 9. The van der Waals surface area contributed by atoms with E-state index in [1.165, 1.54) is 0 Å². The molecule has 16 heavy (non-hydrogen) atoms. The van der Waals surface area contributed by atoms with Gasteiger partial charge in [0.25, 0.3) is 5.78 Å². The van der Waals surface area contributed by atoms with E-state index in [-0.39, 0.29) is 0 Å². The molecule has 0 fully saturated rings. The summed E-state index contributed by atoms with van der Waals surface area (Å²) < 4.78 is 0. The van der Waals surface area contributed by atoms with Gasteiger partial charge in [-0.3, -0.25) is 4.79 Å². The van der Waals surface area contributed by atoms with Crippen molar-refractivity contribution >= 4 is 19.3 Å². The third kappa shape index (κ3) is 3.81. The van der Waals surface area contributed by atoms with E-state index in [0.29, 0.717) is 0 Å². The van der Waals surface area contributed by atoms with Gasteiger partial charge in [0.1, 0.15) is 12.2 Å². The lowest BCUT2D eigenvalue weighted by molar-refractivity contribution is -0.147. The molecule has 0 aromatic heterocycles. The van der Waals surface area contributed by atoms with Crippen molar-refractivity contribution < 1.29 is 44.7 Å². The number of carbonyl (C=O) groups is 2. The van der Waals surface area contributed by atoms with Crippen molar-refractivity contribution in [1.82, 2.24) is 0 Å². The number of aliphatic hydroxyl groups is 4. The zero-order chi connectivity index (χ0) is 13.1. The second-order valence-electron chi connectivity index (χ2n) is 2.92. The van der Waals surface area contributed by atoms with Crippen LogP contribution in [0.1, 0.15) is 0 Å². The first-order valence-corrected chi connectivity index (χ1v) is 5.58. The molecule has 0 heterocycles. The Bertz CT molecular complexity index is 272. The summed E-state index contributed by atoms with van der Waals surface area (Å²) >= 11 is 0. The average molecular weight is 259 g/mol. The monoisotopic (exact) mass is 259 g/mol. The van der Waals surface area contributed by atoms with Crippen LogP contribution in [0.15, 0.2) is 0 Å². The van der Waals surface area contributed by atoms with Crippen LogP contribution in [0.2, 0.25) is 0 Å². The predicted octanol–water partition coefficient (Wildman–Crippen LogP) is -4.10. The van der Waals surface area contributed by atoms with Gasteiger partial charge in [-0.25, -0.2) is 4.79 Å². The Kier molecular flexibility index (Phi) is 5.53. The molecule has 94 valence electrons. The van der Waals surface area contributed by atoms with Crippen molar-refractivity contribution in [3.05, 3.63) is 0 Å². The maximum atomic E-state index is 10.9. The Hall–Kier alpha value is -0.510. The minimum absolute atomic E-state index is 0.989. The summed E-state index contributed by atoms with van der Waals surface area (Å²) in [6.45, 7) is -0.989. The number of carbonyl (C=O) groups excluding carboxylic acids is 2. The van der Waals surface area contributed by atoms with Gasteiger partial charge in [0.2, 0.25) is 0 Å². The predicted molar refractivity (Wildman–Crippen MR) is 48.7 cm³/mol. The summed E-state index contributed by atoms with van der Waals surface area (Å²) in [5.74, 6) is -1.87. The van der Waals surface area contributed by atoms with Crippen LogP contribution < -0.4 is 0 Å². The van der Waals surface area contributed by atoms with Crippen molar-refractivity contribution in [1.29, 1.82) is 0 Å². The van der Waals surface area contributed by atoms with Gasteiger partial charge in [0, 0.05) is 0 Å². The minimum atomic E-state index is -5.10. The second-order valence-corrected chi connectivity index (χ2v) is 4.47. The molecule has 0 bridgehead atoms. The van der Waals surface area contributed by atoms with Gasteiger partial charge in [0.05, 0.1) is 6.61 Å². The summed E-state index contributed by atoms with van der Waals surface area (Å²) in [5.41, 5.74) is -2.07. The van der Waals surface area contributed by atoms with E-state index >= 15 is 0 Å². The van der Waals surface area contributed by atoms with Crippen LogP contribution in [0.5, 0.6) is 0 Å². The molecule has 0 amide bonds. The Morgan fingerprint density at radius 2 is 1.50 bits per heavy atom. The number of ketones is 1. The molecular weight excluding hydrogens is 247 g/mol. The van der Waals surface area contributed by atoms with Crippen molar-refractivity contribution in [2.24, 2.45) is 0 Å². The molecule has 0 unspecified atom stereocenters. The highest BCUT2D eigenvalue weighted by Crippen LogP contribution is 2.45. The molecule has 0 aromatic rings. The van der Waals surface area contributed by atoms with E-state index in [2.05, 4.69) is 0 Å². The van der Waals surface area contributed by atoms with E-state index in [1.807, 2.05) is 0 Å². The van der Waals surface area contributed by atoms with Gasteiger partial charge in [-0.2, -0.15) is 14.7 Å². The lowest BCUT2D eigenvalue weighted by Gasteiger charge is -2.19. The Labute approximate surface area is 89.8 Å². The first-order chi connectivity index (χ1) is 7.12. The highest BCUT2D eigenvalue weighted by atomic mass is 31.2. The van der Waals surface area contributed by atoms with Gasteiger partial charge < -0.3 is 20.4 Å². The third-order valence-corrected chi connectivity index (χ3v) is 2.42.